The third kappa shape index (κ3) is 5.15. The second-order valence-electron chi connectivity index (χ2n) is 4.72. The van der Waals surface area contributed by atoms with E-state index in [0.29, 0.717) is 13.0 Å². The molecule has 21 heavy (non-hydrogen) atoms. The van der Waals surface area contributed by atoms with Crippen LogP contribution in [0.5, 0.6) is 5.75 Å². The maximum Gasteiger partial charge on any atom is 0.237 e. The summed E-state index contributed by atoms with van der Waals surface area (Å²) in [7, 11) is 0. The van der Waals surface area contributed by atoms with Crippen molar-refractivity contribution in [3.05, 3.63) is 50.6 Å². The SMILES string of the molecule is NC(Cc1ccc(O)cc1)C(=O)NCCc1ccc(Br)s1. The van der Waals surface area contributed by atoms with Gasteiger partial charge in [0.25, 0.3) is 0 Å². The Hall–Kier alpha value is -1.37. The first kappa shape index (κ1) is 16.0. The fraction of sp³-hybridized carbons (Fsp3) is 0.267. The number of nitrogens with one attached hydrogen (secondary N) is 1. The molecule has 6 heteroatoms. The van der Waals surface area contributed by atoms with Gasteiger partial charge in [-0.3, -0.25) is 4.79 Å². The smallest absolute Gasteiger partial charge is 0.237 e. The molecule has 2 aromatic rings. The number of phenolic OH excluding ortho intramolecular Hbond substituents is 1. The molecular formula is C15H17BrN2O2S. The number of thiophene rings is 1. The molecule has 4 N–H and O–H groups in total. The first-order valence-corrected chi connectivity index (χ1v) is 8.21. The van der Waals surface area contributed by atoms with Gasteiger partial charge in [-0.15, -0.1) is 11.3 Å². The Morgan fingerprint density at radius 1 is 1.29 bits per heavy atom. The minimum atomic E-state index is -0.579. The van der Waals surface area contributed by atoms with Gasteiger partial charge in [0.15, 0.2) is 0 Å². The molecule has 1 unspecified atom stereocenters. The van der Waals surface area contributed by atoms with Crippen LogP contribution in [0.4, 0.5) is 0 Å². The summed E-state index contributed by atoms with van der Waals surface area (Å²) in [6.07, 6.45) is 1.25. The average molecular weight is 369 g/mol. The summed E-state index contributed by atoms with van der Waals surface area (Å²) in [5.74, 6) is 0.0533. The lowest BCUT2D eigenvalue weighted by atomic mass is 10.1. The molecule has 0 saturated carbocycles. The molecule has 0 aliphatic carbocycles. The van der Waals surface area contributed by atoms with Gasteiger partial charge in [0, 0.05) is 11.4 Å². The largest absolute Gasteiger partial charge is 0.508 e. The second kappa shape index (κ2) is 7.59. The molecule has 112 valence electrons. The summed E-state index contributed by atoms with van der Waals surface area (Å²) in [5.41, 5.74) is 6.82. The number of rotatable bonds is 6. The van der Waals surface area contributed by atoms with Gasteiger partial charge in [0.05, 0.1) is 9.83 Å². The van der Waals surface area contributed by atoms with Crippen molar-refractivity contribution in [2.24, 2.45) is 5.73 Å². The highest BCUT2D eigenvalue weighted by Crippen LogP contribution is 2.22. The summed E-state index contributed by atoms with van der Waals surface area (Å²) < 4.78 is 1.09. The van der Waals surface area contributed by atoms with E-state index in [0.717, 1.165) is 15.8 Å². The fourth-order valence-corrected chi connectivity index (χ4v) is 3.39. The zero-order valence-corrected chi connectivity index (χ0v) is 13.8. The maximum absolute atomic E-state index is 11.9. The average Bonchev–Trinajstić information content (AvgIpc) is 2.87. The quantitative estimate of drug-likeness (QED) is 0.732. The van der Waals surface area contributed by atoms with Gasteiger partial charge in [-0.2, -0.15) is 0 Å². The van der Waals surface area contributed by atoms with E-state index >= 15 is 0 Å². The lowest BCUT2D eigenvalue weighted by Gasteiger charge is -2.12. The zero-order chi connectivity index (χ0) is 15.2. The maximum atomic E-state index is 11.9. The first-order chi connectivity index (χ1) is 10.0. The number of benzene rings is 1. The Balaban J connectivity index is 1.75. The molecule has 0 spiro atoms. The van der Waals surface area contributed by atoms with Crippen LogP contribution >= 0.6 is 27.3 Å². The van der Waals surface area contributed by atoms with Crippen molar-refractivity contribution in [2.45, 2.75) is 18.9 Å². The monoisotopic (exact) mass is 368 g/mol. The predicted molar refractivity (Wildman–Crippen MR) is 88.5 cm³/mol. The standard InChI is InChI=1S/C15H17BrN2O2S/c16-14-6-5-12(21-14)7-8-18-15(20)13(17)9-10-1-3-11(19)4-2-10/h1-6,13,19H,7-9,17H2,(H,18,20). The van der Waals surface area contributed by atoms with Crippen molar-refractivity contribution >= 4 is 33.2 Å². The van der Waals surface area contributed by atoms with Crippen LogP contribution in [0.15, 0.2) is 40.2 Å². The van der Waals surface area contributed by atoms with E-state index in [1.807, 2.05) is 12.1 Å². The van der Waals surface area contributed by atoms with Crippen LogP contribution in [0.3, 0.4) is 0 Å². The normalized spacial score (nSPS) is 12.1. The molecule has 0 saturated heterocycles. The van der Waals surface area contributed by atoms with Crippen LogP contribution in [0.25, 0.3) is 0 Å². The van der Waals surface area contributed by atoms with E-state index in [1.165, 1.54) is 4.88 Å². The molecule has 2 rings (SSSR count). The minimum Gasteiger partial charge on any atom is -0.508 e. The van der Waals surface area contributed by atoms with Crippen molar-refractivity contribution in [3.63, 3.8) is 0 Å². The zero-order valence-electron chi connectivity index (χ0n) is 11.4. The van der Waals surface area contributed by atoms with Crippen LogP contribution in [0, 0.1) is 0 Å². The Morgan fingerprint density at radius 3 is 2.62 bits per heavy atom. The van der Waals surface area contributed by atoms with Crippen LogP contribution in [-0.2, 0) is 17.6 Å². The van der Waals surface area contributed by atoms with E-state index in [2.05, 4.69) is 21.2 Å². The molecule has 1 atom stereocenters. The van der Waals surface area contributed by atoms with Crippen molar-refractivity contribution in [1.82, 2.24) is 5.32 Å². The second-order valence-corrected chi connectivity index (χ2v) is 7.27. The Bertz CT molecular complexity index is 598. The molecule has 0 radical (unpaired) electrons. The Labute approximate surface area is 136 Å². The Morgan fingerprint density at radius 2 is 2.00 bits per heavy atom. The van der Waals surface area contributed by atoms with Gasteiger partial charge >= 0.3 is 0 Å². The molecular weight excluding hydrogens is 352 g/mol. The topological polar surface area (TPSA) is 75.3 Å². The number of halogens is 1. The number of carbonyl (C=O) groups excluding carboxylic acids is 1. The predicted octanol–water partition coefficient (Wildman–Crippen LogP) is 2.44. The lowest BCUT2D eigenvalue weighted by Crippen LogP contribution is -2.42. The van der Waals surface area contributed by atoms with Crippen LogP contribution in [0.1, 0.15) is 10.4 Å². The highest BCUT2D eigenvalue weighted by atomic mass is 79.9. The van der Waals surface area contributed by atoms with E-state index in [4.69, 9.17) is 5.73 Å². The number of phenols is 1. The van der Waals surface area contributed by atoms with Crippen molar-refractivity contribution in [3.8, 4) is 5.75 Å². The molecule has 1 amide bonds. The summed E-state index contributed by atoms with van der Waals surface area (Å²) in [4.78, 5) is 13.1. The van der Waals surface area contributed by atoms with Crippen LogP contribution < -0.4 is 11.1 Å². The summed E-state index contributed by atoms with van der Waals surface area (Å²) in [6, 6.07) is 10.2. The summed E-state index contributed by atoms with van der Waals surface area (Å²) in [6.45, 7) is 0.578. The van der Waals surface area contributed by atoms with Gasteiger partial charge < -0.3 is 16.2 Å². The highest BCUT2D eigenvalue weighted by Gasteiger charge is 2.13. The van der Waals surface area contributed by atoms with E-state index < -0.39 is 6.04 Å². The van der Waals surface area contributed by atoms with Gasteiger partial charge in [0.1, 0.15) is 5.75 Å². The molecule has 1 aromatic carbocycles. The number of nitrogens with two attached hydrogens (primary N) is 1. The lowest BCUT2D eigenvalue weighted by molar-refractivity contribution is -0.122. The third-order valence-corrected chi connectivity index (χ3v) is 4.71. The van der Waals surface area contributed by atoms with Crippen molar-refractivity contribution < 1.29 is 9.90 Å². The fourth-order valence-electron chi connectivity index (χ4n) is 1.90. The van der Waals surface area contributed by atoms with Gasteiger partial charge in [-0.05, 0) is 58.6 Å². The number of hydrogen-bond donors (Lipinski definition) is 3. The number of carbonyl (C=O) groups is 1. The summed E-state index contributed by atoms with van der Waals surface area (Å²) in [5, 5.41) is 12.1. The van der Waals surface area contributed by atoms with Crippen LogP contribution in [0.2, 0.25) is 0 Å². The molecule has 0 fully saturated rings. The number of hydrogen-bond acceptors (Lipinski definition) is 4. The van der Waals surface area contributed by atoms with E-state index in [9.17, 15) is 9.90 Å². The number of aromatic hydroxyl groups is 1. The van der Waals surface area contributed by atoms with E-state index in [-0.39, 0.29) is 11.7 Å². The van der Waals surface area contributed by atoms with Crippen LogP contribution in [-0.4, -0.2) is 23.6 Å². The van der Waals surface area contributed by atoms with Crippen molar-refractivity contribution in [2.75, 3.05) is 6.54 Å². The van der Waals surface area contributed by atoms with Gasteiger partial charge in [-0.25, -0.2) is 0 Å². The molecule has 0 bridgehead atoms. The molecule has 4 nitrogen and oxygen atoms in total. The molecule has 0 aliphatic heterocycles. The highest BCUT2D eigenvalue weighted by molar-refractivity contribution is 9.11. The summed E-state index contributed by atoms with van der Waals surface area (Å²) >= 11 is 5.07. The number of amides is 1. The molecule has 0 aliphatic rings. The van der Waals surface area contributed by atoms with Gasteiger partial charge in [-0.1, -0.05) is 12.1 Å². The third-order valence-electron chi connectivity index (χ3n) is 3.03. The molecule has 1 aromatic heterocycles. The van der Waals surface area contributed by atoms with E-state index in [1.54, 1.807) is 35.6 Å². The van der Waals surface area contributed by atoms with Crippen molar-refractivity contribution in [1.29, 1.82) is 0 Å². The first-order valence-electron chi connectivity index (χ1n) is 6.60. The Kier molecular flexibility index (Phi) is 5.78. The minimum absolute atomic E-state index is 0.154. The molecule has 1 heterocycles. The van der Waals surface area contributed by atoms with Gasteiger partial charge in [0.2, 0.25) is 5.91 Å².